The first-order valence-corrected chi connectivity index (χ1v) is 5.54. The lowest BCUT2D eigenvalue weighted by Crippen LogP contribution is -2.04. The second kappa shape index (κ2) is 5.32. The molecule has 1 N–H and O–H groups in total. The maximum Gasteiger partial charge on any atom is 0.416 e. The van der Waals surface area contributed by atoms with Gasteiger partial charge in [0.05, 0.1) is 12.0 Å². The predicted molar refractivity (Wildman–Crippen MR) is 59.9 cm³/mol. The fourth-order valence-electron chi connectivity index (χ4n) is 1.56. The third-order valence-electron chi connectivity index (χ3n) is 2.46. The summed E-state index contributed by atoms with van der Waals surface area (Å²) in [7, 11) is 0. The lowest BCUT2D eigenvalue weighted by Gasteiger charge is -2.06. The molecule has 1 aromatic heterocycles. The molecule has 1 heterocycles. The monoisotopic (exact) mass is 286 g/mol. The molecule has 1 aromatic carbocycles. The van der Waals surface area contributed by atoms with E-state index in [-0.39, 0.29) is 24.6 Å². The highest BCUT2D eigenvalue weighted by Gasteiger charge is 2.29. The molecule has 2 rings (SSSR count). The van der Waals surface area contributed by atoms with Gasteiger partial charge in [-0.3, -0.25) is 4.79 Å². The van der Waals surface area contributed by atoms with Crippen molar-refractivity contribution in [3.05, 3.63) is 47.1 Å². The number of nitrogens with zero attached hydrogens (tertiary/aromatic N) is 2. The Morgan fingerprint density at radius 3 is 2.45 bits per heavy atom. The van der Waals surface area contributed by atoms with E-state index in [4.69, 9.17) is 9.63 Å². The standard InChI is InChI=1S/C12H9F3N2O3/c13-12(14,15)8-3-1-7(2-4-8)5-10-16-9(17-20-10)6-11(18)19/h1-4H,5-6H2,(H,18,19). The Kier molecular flexibility index (Phi) is 3.73. The number of benzene rings is 1. The summed E-state index contributed by atoms with van der Waals surface area (Å²) < 4.78 is 41.9. The Hall–Kier alpha value is -2.38. The summed E-state index contributed by atoms with van der Waals surface area (Å²) in [5.41, 5.74) is -0.179. The number of carboxylic acids is 1. The minimum absolute atomic E-state index is 0.0272. The van der Waals surface area contributed by atoms with Crippen molar-refractivity contribution in [1.82, 2.24) is 10.1 Å². The Morgan fingerprint density at radius 2 is 1.90 bits per heavy atom. The van der Waals surface area contributed by atoms with Crippen LogP contribution in [0.1, 0.15) is 22.8 Å². The Bertz CT molecular complexity index is 605. The van der Waals surface area contributed by atoms with Crippen LogP contribution in [0.5, 0.6) is 0 Å². The molecule has 8 heteroatoms. The van der Waals surface area contributed by atoms with Crippen molar-refractivity contribution in [3.63, 3.8) is 0 Å². The molecule has 0 aliphatic heterocycles. The lowest BCUT2D eigenvalue weighted by atomic mass is 10.1. The number of aromatic nitrogens is 2. The van der Waals surface area contributed by atoms with E-state index in [0.29, 0.717) is 5.56 Å². The fraction of sp³-hybridized carbons (Fsp3) is 0.250. The van der Waals surface area contributed by atoms with E-state index >= 15 is 0 Å². The molecule has 106 valence electrons. The van der Waals surface area contributed by atoms with E-state index in [0.717, 1.165) is 12.1 Å². The molecule has 0 amide bonds. The lowest BCUT2D eigenvalue weighted by molar-refractivity contribution is -0.138. The van der Waals surface area contributed by atoms with Gasteiger partial charge in [-0.05, 0) is 17.7 Å². The molecule has 0 saturated heterocycles. The zero-order chi connectivity index (χ0) is 14.8. The van der Waals surface area contributed by atoms with Gasteiger partial charge in [-0.15, -0.1) is 0 Å². The van der Waals surface area contributed by atoms with Crippen molar-refractivity contribution in [2.45, 2.75) is 19.0 Å². The van der Waals surface area contributed by atoms with E-state index in [1.807, 2.05) is 0 Å². The summed E-state index contributed by atoms with van der Waals surface area (Å²) in [6, 6.07) is 4.54. The maximum atomic E-state index is 12.4. The van der Waals surface area contributed by atoms with Crippen LogP contribution in [0.2, 0.25) is 0 Å². The molecule has 0 atom stereocenters. The number of rotatable bonds is 4. The highest BCUT2D eigenvalue weighted by molar-refractivity contribution is 5.68. The largest absolute Gasteiger partial charge is 0.481 e. The molecule has 5 nitrogen and oxygen atoms in total. The van der Waals surface area contributed by atoms with Gasteiger partial charge >= 0.3 is 12.1 Å². The number of hydrogen-bond donors (Lipinski definition) is 1. The van der Waals surface area contributed by atoms with Gasteiger partial charge < -0.3 is 9.63 Å². The van der Waals surface area contributed by atoms with Gasteiger partial charge in [-0.25, -0.2) is 0 Å². The quantitative estimate of drug-likeness (QED) is 0.933. The van der Waals surface area contributed by atoms with Crippen LogP contribution in [0.25, 0.3) is 0 Å². The molecule has 0 fully saturated rings. The van der Waals surface area contributed by atoms with Crippen LogP contribution in [0, 0.1) is 0 Å². The van der Waals surface area contributed by atoms with Crippen LogP contribution in [0.4, 0.5) is 13.2 Å². The van der Waals surface area contributed by atoms with E-state index in [2.05, 4.69) is 10.1 Å². The fourth-order valence-corrected chi connectivity index (χ4v) is 1.56. The van der Waals surface area contributed by atoms with Gasteiger partial charge in [0.25, 0.3) is 0 Å². The van der Waals surface area contributed by atoms with Gasteiger partial charge in [0.15, 0.2) is 5.82 Å². The zero-order valence-electron chi connectivity index (χ0n) is 10.0. The van der Waals surface area contributed by atoms with E-state index in [1.165, 1.54) is 12.1 Å². The second-order valence-corrected chi connectivity index (χ2v) is 4.05. The molecule has 0 spiro atoms. The molecular weight excluding hydrogens is 277 g/mol. The molecule has 0 saturated carbocycles. The summed E-state index contributed by atoms with van der Waals surface area (Å²) in [5, 5.41) is 12.0. The molecule has 0 bridgehead atoms. The van der Waals surface area contributed by atoms with Crippen LogP contribution in [-0.2, 0) is 23.8 Å². The van der Waals surface area contributed by atoms with Crippen molar-refractivity contribution >= 4 is 5.97 Å². The van der Waals surface area contributed by atoms with Crippen molar-refractivity contribution in [3.8, 4) is 0 Å². The smallest absolute Gasteiger partial charge is 0.416 e. The normalized spacial score (nSPS) is 11.6. The molecule has 0 radical (unpaired) electrons. The SMILES string of the molecule is O=C(O)Cc1noc(Cc2ccc(C(F)(F)F)cc2)n1. The van der Waals surface area contributed by atoms with Crippen LogP contribution in [-0.4, -0.2) is 21.2 Å². The molecule has 0 unspecified atom stereocenters. The Balaban J connectivity index is 2.06. The summed E-state index contributed by atoms with van der Waals surface area (Å²) in [5.74, 6) is -0.910. The van der Waals surface area contributed by atoms with E-state index < -0.39 is 17.7 Å². The van der Waals surface area contributed by atoms with Crippen LogP contribution < -0.4 is 0 Å². The summed E-state index contributed by atoms with van der Waals surface area (Å²) >= 11 is 0. The number of halogens is 3. The van der Waals surface area contributed by atoms with E-state index in [1.54, 1.807) is 0 Å². The molecule has 20 heavy (non-hydrogen) atoms. The van der Waals surface area contributed by atoms with Crippen molar-refractivity contribution in [2.24, 2.45) is 0 Å². The number of carboxylic acid groups (broad SMARTS) is 1. The number of carbonyl (C=O) groups is 1. The molecular formula is C12H9F3N2O3. The van der Waals surface area contributed by atoms with Gasteiger partial charge in [-0.1, -0.05) is 17.3 Å². The van der Waals surface area contributed by atoms with Gasteiger partial charge in [0.1, 0.15) is 6.42 Å². The second-order valence-electron chi connectivity index (χ2n) is 4.05. The summed E-state index contributed by atoms with van der Waals surface area (Å²) in [6.07, 6.45) is -4.60. The zero-order valence-corrected chi connectivity index (χ0v) is 10.0. The topological polar surface area (TPSA) is 76.2 Å². The van der Waals surface area contributed by atoms with Crippen LogP contribution in [0.15, 0.2) is 28.8 Å². The average molecular weight is 286 g/mol. The minimum atomic E-state index is -4.38. The van der Waals surface area contributed by atoms with Gasteiger partial charge in [-0.2, -0.15) is 18.2 Å². The Morgan fingerprint density at radius 1 is 1.25 bits per heavy atom. The summed E-state index contributed by atoms with van der Waals surface area (Å²) in [4.78, 5) is 14.3. The minimum Gasteiger partial charge on any atom is -0.481 e. The predicted octanol–water partition coefficient (Wildman–Crippen LogP) is 2.31. The maximum absolute atomic E-state index is 12.4. The molecule has 2 aromatic rings. The first-order valence-electron chi connectivity index (χ1n) is 5.54. The summed E-state index contributed by atoms with van der Waals surface area (Å²) in [6.45, 7) is 0. The first-order chi connectivity index (χ1) is 9.34. The van der Waals surface area contributed by atoms with Gasteiger partial charge in [0.2, 0.25) is 5.89 Å². The number of hydrogen-bond acceptors (Lipinski definition) is 4. The number of alkyl halides is 3. The number of aliphatic carboxylic acids is 1. The third kappa shape index (κ3) is 3.56. The highest BCUT2D eigenvalue weighted by atomic mass is 19.4. The van der Waals surface area contributed by atoms with Crippen LogP contribution in [0.3, 0.4) is 0 Å². The Labute approximate surface area is 111 Å². The van der Waals surface area contributed by atoms with Crippen molar-refractivity contribution < 1.29 is 27.6 Å². The average Bonchev–Trinajstić information content (AvgIpc) is 2.75. The van der Waals surface area contributed by atoms with Crippen LogP contribution >= 0.6 is 0 Å². The van der Waals surface area contributed by atoms with Crippen molar-refractivity contribution in [1.29, 1.82) is 0 Å². The van der Waals surface area contributed by atoms with E-state index in [9.17, 15) is 18.0 Å². The molecule has 0 aliphatic rings. The van der Waals surface area contributed by atoms with Crippen molar-refractivity contribution in [2.75, 3.05) is 0 Å². The highest BCUT2D eigenvalue weighted by Crippen LogP contribution is 2.29. The van der Waals surface area contributed by atoms with Gasteiger partial charge in [0, 0.05) is 0 Å². The first kappa shape index (κ1) is 14.0. The third-order valence-corrected chi connectivity index (χ3v) is 2.46. The molecule has 0 aliphatic carbocycles.